The van der Waals surface area contributed by atoms with Gasteiger partial charge in [0.05, 0.1) is 18.4 Å². The summed E-state index contributed by atoms with van der Waals surface area (Å²) in [4.78, 5) is 20.8. The molecule has 1 aromatic heterocycles. The van der Waals surface area contributed by atoms with Crippen LogP contribution in [0.15, 0.2) is 30.3 Å². The molecule has 1 aromatic carbocycles. The summed E-state index contributed by atoms with van der Waals surface area (Å²) < 4.78 is 4.84. The second-order valence-corrected chi connectivity index (χ2v) is 6.33. The Bertz CT molecular complexity index is 742. The first kappa shape index (κ1) is 17.2. The van der Waals surface area contributed by atoms with Gasteiger partial charge in [-0.1, -0.05) is 31.4 Å². The van der Waals surface area contributed by atoms with Crippen molar-refractivity contribution in [3.63, 3.8) is 0 Å². The first-order chi connectivity index (χ1) is 12.2. The number of anilines is 3. The third-order valence-corrected chi connectivity index (χ3v) is 4.39. The SMILES string of the molecule is COC(=O)c1ccccc1Nc1cc(NC2CCCCC2)nc(C)n1. The zero-order valence-electron chi connectivity index (χ0n) is 14.7. The van der Waals surface area contributed by atoms with Gasteiger partial charge in [-0.05, 0) is 31.9 Å². The van der Waals surface area contributed by atoms with E-state index in [1.165, 1.54) is 39.2 Å². The van der Waals surface area contributed by atoms with Gasteiger partial charge in [-0.15, -0.1) is 0 Å². The molecule has 3 rings (SSSR count). The van der Waals surface area contributed by atoms with Crippen molar-refractivity contribution in [2.45, 2.75) is 45.1 Å². The summed E-state index contributed by atoms with van der Waals surface area (Å²) in [5.74, 6) is 1.77. The molecule has 0 radical (unpaired) electrons. The van der Waals surface area contributed by atoms with E-state index in [1.807, 2.05) is 25.1 Å². The predicted molar refractivity (Wildman–Crippen MR) is 98.3 cm³/mol. The molecule has 1 fully saturated rings. The Morgan fingerprint density at radius 1 is 1.12 bits per heavy atom. The summed E-state index contributed by atoms with van der Waals surface area (Å²) in [6.07, 6.45) is 6.20. The topological polar surface area (TPSA) is 76.1 Å². The van der Waals surface area contributed by atoms with Gasteiger partial charge in [-0.3, -0.25) is 0 Å². The number of nitrogens with one attached hydrogen (secondary N) is 2. The van der Waals surface area contributed by atoms with E-state index in [2.05, 4.69) is 20.6 Å². The Hall–Kier alpha value is -2.63. The van der Waals surface area contributed by atoms with Gasteiger partial charge >= 0.3 is 5.97 Å². The number of para-hydroxylation sites is 1. The fourth-order valence-electron chi connectivity index (χ4n) is 3.18. The highest BCUT2D eigenvalue weighted by Gasteiger charge is 2.15. The van der Waals surface area contributed by atoms with Crippen LogP contribution >= 0.6 is 0 Å². The second-order valence-electron chi connectivity index (χ2n) is 6.33. The van der Waals surface area contributed by atoms with Crippen LogP contribution in [0.25, 0.3) is 0 Å². The summed E-state index contributed by atoms with van der Waals surface area (Å²) in [6, 6.07) is 9.58. The van der Waals surface area contributed by atoms with Crippen LogP contribution in [0, 0.1) is 6.92 Å². The molecule has 25 heavy (non-hydrogen) atoms. The number of ether oxygens (including phenoxy) is 1. The second kappa shape index (κ2) is 7.96. The van der Waals surface area contributed by atoms with Crippen molar-refractivity contribution in [3.05, 3.63) is 41.7 Å². The molecule has 1 aliphatic carbocycles. The number of methoxy groups -OCH3 is 1. The molecule has 0 saturated heterocycles. The van der Waals surface area contributed by atoms with E-state index < -0.39 is 0 Å². The van der Waals surface area contributed by atoms with Crippen LogP contribution in [-0.4, -0.2) is 29.1 Å². The third-order valence-electron chi connectivity index (χ3n) is 4.39. The number of esters is 1. The van der Waals surface area contributed by atoms with E-state index in [0.29, 0.717) is 28.9 Å². The summed E-state index contributed by atoms with van der Waals surface area (Å²) >= 11 is 0. The van der Waals surface area contributed by atoms with Gasteiger partial charge in [0.25, 0.3) is 0 Å². The summed E-state index contributed by atoms with van der Waals surface area (Å²) in [5, 5.41) is 6.73. The molecule has 1 heterocycles. The Morgan fingerprint density at radius 2 is 1.84 bits per heavy atom. The van der Waals surface area contributed by atoms with Crippen molar-refractivity contribution in [3.8, 4) is 0 Å². The number of aromatic nitrogens is 2. The maximum atomic E-state index is 11.9. The molecule has 2 N–H and O–H groups in total. The number of rotatable bonds is 5. The van der Waals surface area contributed by atoms with Crippen LogP contribution in [0.1, 0.15) is 48.3 Å². The average molecular weight is 340 g/mol. The summed E-state index contributed by atoms with van der Waals surface area (Å²) in [6.45, 7) is 1.86. The zero-order valence-corrected chi connectivity index (χ0v) is 14.7. The molecule has 0 amide bonds. The van der Waals surface area contributed by atoms with Crippen LogP contribution in [0.4, 0.5) is 17.3 Å². The molecule has 0 unspecified atom stereocenters. The molecule has 1 aliphatic rings. The van der Waals surface area contributed by atoms with E-state index in [9.17, 15) is 4.79 Å². The molecule has 6 heteroatoms. The van der Waals surface area contributed by atoms with Gasteiger partial charge in [0, 0.05) is 12.1 Å². The molecule has 1 saturated carbocycles. The summed E-state index contributed by atoms with van der Waals surface area (Å²) in [7, 11) is 1.38. The quantitative estimate of drug-likeness (QED) is 0.800. The van der Waals surface area contributed by atoms with Gasteiger partial charge in [-0.25, -0.2) is 14.8 Å². The van der Waals surface area contributed by atoms with E-state index in [1.54, 1.807) is 12.1 Å². The third kappa shape index (κ3) is 4.47. The molecule has 2 aromatic rings. The van der Waals surface area contributed by atoms with Gasteiger partial charge in [0.15, 0.2) is 0 Å². The molecule has 0 spiro atoms. The van der Waals surface area contributed by atoms with Gasteiger partial charge in [-0.2, -0.15) is 0 Å². The Kier molecular flexibility index (Phi) is 5.48. The molecule has 0 bridgehead atoms. The van der Waals surface area contributed by atoms with Crippen molar-refractivity contribution < 1.29 is 9.53 Å². The monoisotopic (exact) mass is 340 g/mol. The van der Waals surface area contributed by atoms with Crippen LogP contribution in [0.2, 0.25) is 0 Å². The highest BCUT2D eigenvalue weighted by molar-refractivity contribution is 5.96. The lowest BCUT2D eigenvalue weighted by atomic mass is 9.95. The van der Waals surface area contributed by atoms with Crippen molar-refractivity contribution in [2.75, 3.05) is 17.7 Å². The Morgan fingerprint density at radius 3 is 2.60 bits per heavy atom. The Balaban J connectivity index is 1.80. The molecular weight excluding hydrogens is 316 g/mol. The van der Waals surface area contributed by atoms with Gasteiger partial charge < -0.3 is 15.4 Å². The lowest BCUT2D eigenvalue weighted by Crippen LogP contribution is -2.23. The smallest absolute Gasteiger partial charge is 0.339 e. The van der Waals surface area contributed by atoms with E-state index in [4.69, 9.17) is 4.74 Å². The molecule has 0 atom stereocenters. The van der Waals surface area contributed by atoms with Crippen molar-refractivity contribution in [1.29, 1.82) is 0 Å². The lowest BCUT2D eigenvalue weighted by molar-refractivity contribution is 0.0602. The zero-order chi connectivity index (χ0) is 17.6. The first-order valence-corrected chi connectivity index (χ1v) is 8.72. The minimum atomic E-state index is -0.380. The fourth-order valence-corrected chi connectivity index (χ4v) is 3.18. The number of carbonyl (C=O) groups excluding carboxylic acids is 1. The molecule has 6 nitrogen and oxygen atoms in total. The fraction of sp³-hybridized carbons (Fsp3) is 0.421. The maximum absolute atomic E-state index is 11.9. The number of aryl methyl sites for hydroxylation is 1. The minimum Gasteiger partial charge on any atom is -0.465 e. The average Bonchev–Trinajstić information content (AvgIpc) is 2.62. The number of benzene rings is 1. The number of carbonyl (C=O) groups is 1. The summed E-state index contributed by atoms with van der Waals surface area (Å²) in [5.41, 5.74) is 1.14. The van der Waals surface area contributed by atoms with E-state index >= 15 is 0 Å². The maximum Gasteiger partial charge on any atom is 0.339 e. The van der Waals surface area contributed by atoms with Crippen molar-refractivity contribution in [1.82, 2.24) is 9.97 Å². The van der Waals surface area contributed by atoms with Crippen LogP contribution < -0.4 is 10.6 Å². The van der Waals surface area contributed by atoms with Gasteiger partial charge in [0.2, 0.25) is 0 Å². The van der Waals surface area contributed by atoms with E-state index in [-0.39, 0.29) is 5.97 Å². The van der Waals surface area contributed by atoms with Gasteiger partial charge in [0.1, 0.15) is 17.5 Å². The predicted octanol–water partition coefficient (Wildman–Crippen LogP) is 4.06. The largest absolute Gasteiger partial charge is 0.465 e. The minimum absolute atomic E-state index is 0.380. The standard InChI is InChI=1S/C19H24N4O2/c1-13-20-17(22-14-8-4-3-5-9-14)12-18(21-13)23-16-11-7-6-10-15(16)19(24)25-2/h6-7,10-12,14H,3-5,8-9H2,1-2H3,(H2,20,21,22,23). The first-order valence-electron chi connectivity index (χ1n) is 8.72. The van der Waals surface area contributed by atoms with Crippen LogP contribution in [0.5, 0.6) is 0 Å². The number of hydrogen-bond acceptors (Lipinski definition) is 6. The van der Waals surface area contributed by atoms with E-state index in [0.717, 1.165) is 5.82 Å². The molecule has 132 valence electrons. The Labute approximate surface area is 148 Å². The number of hydrogen-bond donors (Lipinski definition) is 2. The molecule has 0 aliphatic heterocycles. The highest BCUT2D eigenvalue weighted by atomic mass is 16.5. The van der Waals surface area contributed by atoms with Crippen molar-refractivity contribution in [2.24, 2.45) is 0 Å². The molecular formula is C19H24N4O2. The highest BCUT2D eigenvalue weighted by Crippen LogP contribution is 2.24. The lowest BCUT2D eigenvalue weighted by Gasteiger charge is -2.23. The number of nitrogens with zero attached hydrogens (tertiary/aromatic N) is 2. The van der Waals surface area contributed by atoms with Crippen LogP contribution in [-0.2, 0) is 4.74 Å². The normalized spacial score (nSPS) is 14.8. The van der Waals surface area contributed by atoms with Crippen molar-refractivity contribution >= 4 is 23.3 Å². The van der Waals surface area contributed by atoms with Crippen LogP contribution in [0.3, 0.4) is 0 Å².